The van der Waals surface area contributed by atoms with Gasteiger partial charge in [0.1, 0.15) is 5.82 Å². The van der Waals surface area contributed by atoms with E-state index in [1.807, 2.05) is 21.9 Å². The van der Waals surface area contributed by atoms with Crippen LogP contribution < -0.4 is 0 Å². The minimum Gasteiger partial charge on any atom is -0.378 e. The smallest absolute Gasteiger partial charge is 0.263 e. The summed E-state index contributed by atoms with van der Waals surface area (Å²) in [5, 5.41) is 0. The Morgan fingerprint density at radius 1 is 0.929 bits per heavy atom. The number of amides is 2. The number of likely N-dealkylation sites (tertiary alicyclic amines) is 1. The molecular weight excluding hydrogens is 379 g/mol. The molecule has 3 heterocycles. The number of ether oxygens (including phenoxy) is 1. The van der Waals surface area contributed by atoms with Crippen LogP contribution in [0.4, 0.5) is 4.39 Å². The molecule has 0 N–H and O–H groups in total. The van der Waals surface area contributed by atoms with E-state index < -0.39 is 0 Å². The average Bonchev–Trinajstić information content (AvgIpc) is 3.24. The summed E-state index contributed by atoms with van der Waals surface area (Å²) in [6.07, 6.45) is 1.41. The van der Waals surface area contributed by atoms with E-state index in [4.69, 9.17) is 4.74 Å². The zero-order chi connectivity index (χ0) is 19.5. The van der Waals surface area contributed by atoms with Crippen molar-refractivity contribution in [1.82, 2.24) is 9.80 Å². The summed E-state index contributed by atoms with van der Waals surface area (Å²) in [5.74, 6) is -0.0629. The number of rotatable bonds is 3. The van der Waals surface area contributed by atoms with E-state index in [0.717, 1.165) is 10.4 Å². The van der Waals surface area contributed by atoms with Gasteiger partial charge in [-0.15, -0.1) is 11.3 Å². The summed E-state index contributed by atoms with van der Waals surface area (Å²) in [6, 6.07) is 10.0. The summed E-state index contributed by atoms with van der Waals surface area (Å²) in [4.78, 5) is 30.8. The Labute approximate surface area is 167 Å². The summed E-state index contributed by atoms with van der Waals surface area (Å²) >= 11 is 1.42. The molecule has 1 aromatic heterocycles. The van der Waals surface area contributed by atoms with Gasteiger partial charge in [0, 0.05) is 37.0 Å². The molecule has 2 aromatic rings. The molecule has 0 radical (unpaired) electrons. The topological polar surface area (TPSA) is 49.9 Å². The van der Waals surface area contributed by atoms with Crippen molar-refractivity contribution >= 4 is 23.2 Å². The van der Waals surface area contributed by atoms with Crippen molar-refractivity contribution in [2.45, 2.75) is 12.8 Å². The standard InChI is InChI=1S/C21H23FN2O3S/c22-17-3-1-15(2-4-17)18-5-6-19(28-18)21(26)23-9-7-16(8-10-23)20(25)24-11-13-27-14-12-24/h1-6,16H,7-14H2. The Morgan fingerprint density at radius 2 is 1.61 bits per heavy atom. The number of carbonyl (C=O) groups excluding carboxylic acids is 2. The summed E-state index contributed by atoms with van der Waals surface area (Å²) in [5.41, 5.74) is 0.903. The van der Waals surface area contributed by atoms with E-state index >= 15 is 0 Å². The van der Waals surface area contributed by atoms with E-state index in [1.54, 1.807) is 12.1 Å². The second-order valence-electron chi connectivity index (χ2n) is 7.17. The Balaban J connectivity index is 1.35. The van der Waals surface area contributed by atoms with Crippen LogP contribution in [0.2, 0.25) is 0 Å². The molecule has 0 saturated carbocycles. The fourth-order valence-electron chi connectivity index (χ4n) is 3.75. The number of benzene rings is 1. The molecule has 2 amide bonds. The molecule has 0 aliphatic carbocycles. The highest BCUT2D eigenvalue weighted by Gasteiger charge is 2.31. The van der Waals surface area contributed by atoms with Crippen molar-refractivity contribution in [2.75, 3.05) is 39.4 Å². The number of piperidine rings is 1. The van der Waals surface area contributed by atoms with Gasteiger partial charge >= 0.3 is 0 Å². The van der Waals surface area contributed by atoms with Crippen molar-refractivity contribution in [3.05, 3.63) is 47.1 Å². The van der Waals surface area contributed by atoms with E-state index in [2.05, 4.69) is 0 Å². The molecule has 2 saturated heterocycles. The SMILES string of the molecule is O=C(c1ccc(-c2ccc(F)cc2)s1)N1CCC(C(=O)N2CCOCC2)CC1. The molecule has 0 unspecified atom stereocenters. The lowest BCUT2D eigenvalue weighted by Gasteiger charge is -2.35. The van der Waals surface area contributed by atoms with E-state index in [-0.39, 0.29) is 23.5 Å². The van der Waals surface area contributed by atoms with E-state index in [9.17, 15) is 14.0 Å². The van der Waals surface area contributed by atoms with Crippen molar-refractivity contribution in [1.29, 1.82) is 0 Å². The van der Waals surface area contributed by atoms with Crippen LogP contribution in [-0.2, 0) is 9.53 Å². The molecule has 28 heavy (non-hydrogen) atoms. The molecule has 2 aliphatic rings. The molecule has 0 spiro atoms. The lowest BCUT2D eigenvalue weighted by molar-refractivity contribution is -0.141. The molecule has 4 rings (SSSR count). The maximum Gasteiger partial charge on any atom is 0.263 e. The highest BCUT2D eigenvalue weighted by Crippen LogP contribution is 2.30. The molecule has 2 fully saturated rings. The zero-order valence-electron chi connectivity index (χ0n) is 15.6. The maximum atomic E-state index is 13.1. The lowest BCUT2D eigenvalue weighted by Crippen LogP contribution is -2.47. The second kappa shape index (κ2) is 8.41. The summed E-state index contributed by atoms with van der Waals surface area (Å²) < 4.78 is 18.4. The quantitative estimate of drug-likeness (QED) is 0.792. The van der Waals surface area contributed by atoms with Gasteiger partial charge in [-0.25, -0.2) is 4.39 Å². The minimum atomic E-state index is -0.272. The molecule has 7 heteroatoms. The van der Waals surface area contributed by atoms with Gasteiger partial charge in [-0.1, -0.05) is 12.1 Å². The first-order valence-corrected chi connectivity index (χ1v) is 10.4. The molecule has 148 valence electrons. The number of carbonyl (C=O) groups is 2. The molecule has 1 aromatic carbocycles. The van der Waals surface area contributed by atoms with E-state index in [1.165, 1.54) is 23.5 Å². The highest BCUT2D eigenvalue weighted by molar-refractivity contribution is 7.17. The first kappa shape index (κ1) is 19.1. The number of morpholine rings is 1. The van der Waals surface area contributed by atoms with Gasteiger partial charge in [-0.05, 0) is 42.7 Å². The Kier molecular flexibility index (Phi) is 5.73. The molecule has 5 nitrogen and oxygen atoms in total. The largest absolute Gasteiger partial charge is 0.378 e. The number of halogens is 1. The molecular formula is C21H23FN2O3S. The van der Waals surface area contributed by atoms with Gasteiger partial charge in [0.2, 0.25) is 5.91 Å². The highest BCUT2D eigenvalue weighted by atomic mass is 32.1. The fraction of sp³-hybridized carbons (Fsp3) is 0.429. The first-order chi connectivity index (χ1) is 13.6. The van der Waals surface area contributed by atoms with Gasteiger partial charge in [0.25, 0.3) is 5.91 Å². The van der Waals surface area contributed by atoms with Crippen LogP contribution in [0.3, 0.4) is 0 Å². The van der Waals surface area contributed by atoms with Crippen molar-refractivity contribution in [2.24, 2.45) is 5.92 Å². The van der Waals surface area contributed by atoms with Crippen LogP contribution in [0.5, 0.6) is 0 Å². The summed E-state index contributed by atoms with van der Waals surface area (Å²) in [6.45, 7) is 3.75. The number of thiophene rings is 1. The Hall–Kier alpha value is -2.25. The normalized spacial score (nSPS) is 18.3. The fourth-order valence-corrected chi connectivity index (χ4v) is 4.73. The Morgan fingerprint density at radius 3 is 2.29 bits per heavy atom. The van der Waals surface area contributed by atoms with Crippen LogP contribution in [0, 0.1) is 11.7 Å². The second-order valence-corrected chi connectivity index (χ2v) is 8.26. The minimum absolute atomic E-state index is 0.000242. The Bertz CT molecular complexity index is 838. The molecule has 0 bridgehead atoms. The average molecular weight is 402 g/mol. The van der Waals surface area contributed by atoms with Crippen LogP contribution >= 0.6 is 11.3 Å². The molecule has 0 atom stereocenters. The van der Waals surface area contributed by atoms with Crippen LogP contribution in [-0.4, -0.2) is 61.0 Å². The third-order valence-corrected chi connectivity index (χ3v) is 6.52. The van der Waals surface area contributed by atoms with Crippen LogP contribution in [0.15, 0.2) is 36.4 Å². The van der Waals surface area contributed by atoms with Gasteiger partial charge in [-0.3, -0.25) is 9.59 Å². The third-order valence-electron chi connectivity index (χ3n) is 5.40. The lowest BCUT2D eigenvalue weighted by atomic mass is 9.95. The van der Waals surface area contributed by atoms with Crippen molar-refractivity contribution < 1.29 is 18.7 Å². The number of hydrogen-bond acceptors (Lipinski definition) is 4. The molecule has 2 aliphatic heterocycles. The summed E-state index contributed by atoms with van der Waals surface area (Å²) in [7, 11) is 0. The first-order valence-electron chi connectivity index (χ1n) is 9.63. The van der Waals surface area contributed by atoms with Crippen molar-refractivity contribution in [3.8, 4) is 10.4 Å². The van der Waals surface area contributed by atoms with Gasteiger partial charge < -0.3 is 14.5 Å². The monoisotopic (exact) mass is 402 g/mol. The number of hydrogen-bond donors (Lipinski definition) is 0. The maximum absolute atomic E-state index is 13.1. The third kappa shape index (κ3) is 4.10. The van der Waals surface area contributed by atoms with Crippen molar-refractivity contribution in [3.63, 3.8) is 0 Å². The predicted molar refractivity (Wildman–Crippen MR) is 106 cm³/mol. The van der Waals surface area contributed by atoms with Gasteiger partial charge in [0.05, 0.1) is 18.1 Å². The zero-order valence-corrected chi connectivity index (χ0v) is 16.4. The van der Waals surface area contributed by atoms with Gasteiger partial charge in [-0.2, -0.15) is 0 Å². The van der Waals surface area contributed by atoms with Gasteiger partial charge in [0.15, 0.2) is 0 Å². The number of nitrogens with zero attached hydrogens (tertiary/aromatic N) is 2. The van der Waals surface area contributed by atoms with Crippen LogP contribution in [0.1, 0.15) is 22.5 Å². The van der Waals surface area contributed by atoms with E-state index in [0.29, 0.717) is 57.1 Å². The predicted octanol–water partition coefficient (Wildman–Crippen LogP) is 3.27. The van der Waals surface area contributed by atoms with Crippen LogP contribution in [0.25, 0.3) is 10.4 Å².